The SMILES string of the molecule is CC(C)(C)CC(C)(C)NS(=O)(=O)c1c[nH]c(CN)c1. The van der Waals surface area contributed by atoms with E-state index in [9.17, 15) is 8.42 Å². The molecule has 6 heteroatoms. The van der Waals surface area contributed by atoms with Gasteiger partial charge in [-0.1, -0.05) is 20.8 Å². The van der Waals surface area contributed by atoms with Crippen molar-refractivity contribution in [3.05, 3.63) is 18.0 Å². The van der Waals surface area contributed by atoms with Crippen LogP contribution in [0.15, 0.2) is 17.2 Å². The Morgan fingerprint density at radius 2 is 1.84 bits per heavy atom. The van der Waals surface area contributed by atoms with Crippen LogP contribution in [0.3, 0.4) is 0 Å². The predicted molar refractivity (Wildman–Crippen MR) is 77.2 cm³/mol. The van der Waals surface area contributed by atoms with E-state index in [1.165, 1.54) is 6.20 Å². The van der Waals surface area contributed by atoms with E-state index in [2.05, 4.69) is 30.5 Å². The number of nitrogens with two attached hydrogens (primary N) is 1. The zero-order valence-electron chi connectivity index (χ0n) is 12.4. The second-order valence-electron chi connectivity index (χ2n) is 6.79. The normalized spacial score (nSPS) is 13.8. The maximum absolute atomic E-state index is 12.3. The molecule has 0 saturated carbocycles. The molecular formula is C13H25N3O2S. The van der Waals surface area contributed by atoms with E-state index in [1.54, 1.807) is 6.07 Å². The topological polar surface area (TPSA) is 88.0 Å². The molecule has 0 radical (unpaired) electrons. The largest absolute Gasteiger partial charge is 0.363 e. The quantitative estimate of drug-likeness (QED) is 0.773. The van der Waals surface area contributed by atoms with Crippen LogP contribution in [0.4, 0.5) is 0 Å². The molecule has 0 saturated heterocycles. The number of H-pyrrole nitrogens is 1. The third kappa shape index (κ3) is 4.97. The van der Waals surface area contributed by atoms with Crippen molar-refractivity contribution in [2.75, 3.05) is 0 Å². The molecule has 0 spiro atoms. The molecule has 0 aliphatic carbocycles. The molecular weight excluding hydrogens is 262 g/mol. The summed E-state index contributed by atoms with van der Waals surface area (Å²) >= 11 is 0. The lowest BCUT2D eigenvalue weighted by Crippen LogP contribution is -2.45. The van der Waals surface area contributed by atoms with E-state index in [1.807, 2.05) is 13.8 Å². The summed E-state index contributed by atoms with van der Waals surface area (Å²) in [6.07, 6.45) is 2.21. The number of nitrogens with one attached hydrogen (secondary N) is 2. The van der Waals surface area contributed by atoms with Crippen molar-refractivity contribution in [3.63, 3.8) is 0 Å². The van der Waals surface area contributed by atoms with E-state index in [0.717, 1.165) is 6.42 Å². The second kappa shape index (κ2) is 5.26. The molecule has 0 atom stereocenters. The Balaban J connectivity index is 2.90. The lowest BCUT2D eigenvalue weighted by atomic mass is 9.82. The van der Waals surface area contributed by atoms with E-state index in [4.69, 9.17) is 5.73 Å². The van der Waals surface area contributed by atoms with Gasteiger partial charge in [-0.3, -0.25) is 0 Å². The van der Waals surface area contributed by atoms with E-state index in [-0.39, 0.29) is 10.3 Å². The molecule has 110 valence electrons. The third-order valence-corrected chi connectivity index (χ3v) is 4.31. The molecule has 0 aromatic carbocycles. The maximum Gasteiger partial charge on any atom is 0.242 e. The molecule has 0 aliphatic heterocycles. The number of sulfonamides is 1. The van der Waals surface area contributed by atoms with Crippen LogP contribution in [0.1, 0.15) is 46.7 Å². The summed E-state index contributed by atoms with van der Waals surface area (Å²) in [7, 11) is -3.52. The fourth-order valence-corrected chi connectivity index (χ4v) is 3.91. The Kier molecular flexibility index (Phi) is 4.49. The number of aromatic amines is 1. The van der Waals surface area contributed by atoms with Crippen LogP contribution < -0.4 is 10.5 Å². The van der Waals surface area contributed by atoms with Gasteiger partial charge in [0.1, 0.15) is 0 Å². The van der Waals surface area contributed by atoms with Crippen LogP contribution in [0.2, 0.25) is 0 Å². The Labute approximate surface area is 116 Å². The molecule has 1 rings (SSSR count). The summed E-state index contributed by atoms with van der Waals surface area (Å²) in [5.41, 5.74) is 5.72. The monoisotopic (exact) mass is 287 g/mol. The molecule has 4 N–H and O–H groups in total. The third-order valence-electron chi connectivity index (χ3n) is 2.63. The first-order chi connectivity index (χ1) is 8.45. The first-order valence-corrected chi connectivity index (χ1v) is 7.85. The van der Waals surface area contributed by atoms with Crippen molar-refractivity contribution in [3.8, 4) is 0 Å². The number of hydrogen-bond donors (Lipinski definition) is 3. The van der Waals surface area contributed by atoms with Gasteiger partial charge in [0, 0.05) is 24.0 Å². The summed E-state index contributed by atoms with van der Waals surface area (Å²) in [4.78, 5) is 3.08. The second-order valence-corrected chi connectivity index (χ2v) is 8.47. The summed E-state index contributed by atoms with van der Waals surface area (Å²) < 4.78 is 27.3. The zero-order valence-corrected chi connectivity index (χ0v) is 13.2. The molecule has 19 heavy (non-hydrogen) atoms. The summed E-state index contributed by atoms with van der Waals surface area (Å²) in [5, 5.41) is 0. The molecule has 1 heterocycles. The van der Waals surface area contributed by atoms with Crippen LogP contribution in [0.5, 0.6) is 0 Å². The highest BCUT2D eigenvalue weighted by molar-refractivity contribution is 7.89. The van der Waals surface area contributed by atoms with Crippen LogP contribution >= 0.6 is 0 Å². The summed E-state index contributed by atoms with van der Waals surface area (Å²) in [5.74, 6) is 0. The Morgan fingerprint density at radius 1 is 1.26 bits per heavy atom. The first kappa shape index (κ1) is 16.2. The number of rotatable bonds is 5. The van der Waals surface area contributed by atoms with Crippen LogP contribution in [0.25, 0.3) is 0 Å². The molecule has 0 fully saturated rings. The highest BCUT2D eigenvalue weighted by atomic mass is 32.2. The molecule has 5 nitrogen and oxygen atoms in total. The minimum Gasteiger partial charge on any atom is -0.363 e. The van der Waals surface area contributed by atoms with Gasteiger partial charge >= 0.3 is 0 Å². The molecule has 1 aromatic rings. The molecule has 0 aliphatic rings. The zero-order chi connectivity index (χ0) is 14.9. The van der Waals surface area contributed by atoms with Crippen molar-refractivity contribution in [1.82, 2.24) is 9.71 Å². The van der Waals surface area contributed by atoms with Crippen molar-refractivity contribution in [2.45, 2.75) is 58.0 Å². The van der Waals surface area contributed by atoms with Crippen molar-refractivity contribution >= 4 is 10.0 Å². The van der Waals surface area contributed by atoms with Crippen molar-refractivity contribution in [2.24, 2.45) is 11.1 Å². The van der Waals surface area contributed by atoms with Crippen molar-refractivity contribution < 1.29 is 8.42 Å². The first-order valence-electron chi connectivity index (χ1n) is 6.37. The lowest BCUT2D eigenvalue weighted by molar-refractivity contribution is 0.269. The highest BCUT2D eigenvalue weighted by Crippen LogP contribution is 2.28. The molecule has 0 unspecified atom stereocenters. The van der Waals surface area contributed by atoms with Gasteiger partial charge in [0.2, 0.25) is 10.0 Å². The van der Waals surface area contributed by atoms with Gasteiger partial charge in [-0.05, 0) is 31.7 Å². The van der Waals surface area contributed by atoms with Gasteiger partial charge in [0.15, 0.2) is 0 Å². The molecule has 1 aromatic heterocycles. The smallest absolute Gasteiger partial charge is 0.242 e. The summed E-state index contributed by atoms with van der Waals surface area (Å²) in [6.45, 7) is 10.4. The highest BCUT2D eigenvalue weighted by Gasteiger charge is 2.30. The van der Waals surface area contributed by atoms with Crippen LogP contribution in [-0.2, 0) is 16.6 Å². The minimum atomic E-state index is -3.52. The Hall–Kier alpha value is -0.850. The number of aromatic nitrogens is 1. The van der Waals surface area contributed by atoms with E-state index >= 15 is 0 Å². The summed E-state index contributed by atoms with van der Waals surface area (Å²) in [6, 6.07) is 1.56. The van der Waals surface area contributed by atoms with E-state index in [0.29, 0.717) is 12.2 Å². The van der Waals surface area contributed by atoms with Gasteiger partial charge in [-0.25, -0.2) is 13.1 Å². The van der Waals surface area contributed by atoms with Crippen LogP contribution in [0, 0.1) is 5.41 Å². The van der Waals surface area contributed by atoms with Gasteiger partial charge in [0.05, 0.1) is 4.90 Å². The van der Waals surface area contributed by atoms with E-state index < -0.39 is 15.6 Å². The number of hydrogen-bond acceptors (Lipinski definition) is 3. The van der Waals surface area contributed by atoms with Crippen LogP contribution in [-0.4, -0.2) is 18.9 Å². The van der Waals surface area contributed by atoms with Gasteiger partial charge in [0.25, 0.3) is 0 Å². The average molecular weight is 287 g/mol. The van der Waals surface area contributed by atoms with Gasteiger partial charge < -0.3 is 10.7 Å². The standard InChI is InChI=1S/C13H25N3O2S/c1-12(2,3)9-13(4,5)16-19(17,18)11-6-10(7-14)15-8-11/h6,8,15-16H,7,9,14H2,1-5H3. The fraction of sp³-hybridized carbons (Fsp3) is 0.692. The lowest BCUT2D eigenvalue weighted by Gasteiger charge is -2.32. The Bertz CT molecular complexity index is 524. The molecule has 0 bridgehead atoms. The molecule has 0 amide bonds. The maximum atomic E-state index is 12.3. The average Bonchev–Trinajstić information content (AvgIpc) is 2.59. The Morgan fingerprint density at radius 3 is 2.26 bits per heavy atom. The fourth-order valence-electron chi connectivity index (χ4n) is 2.48. The van der Waals surface area contributed by atoms with Gasteiger partial charge in [-0.2, -0.15) is 0 Å². The van der Waals surface area contributed by atoms with Gasteiger partial charge in [-0.15, -0.1) is 0 Å². The minimum absolute atomic E-state index is 0.0482. The van der Waals surface area contributed by atoms with Crippen molar-refractivity contribution in [1.29, 1.82) is 0 Å². The predicted octanol–water partition coefficient (Wildman–Crippen LogP) is 1.97.